The van der Waals surface area contributed by atoms with Crippen LogP contribution in [0.15, 0.2) is 35.2 Å². The van der Waals surface area contributed by atoms with Gasteiger partial charge in [-0.3, -0.25) is 14.6 Å². The first-order valence-electron chi connectivity index (χ1n) is 5.91. The zero-order valence-corrected chi connectivity index (χ0v) is 11.2. The molecule has 0 saturated carbocycles. The van der Waals surface area contributed by atoms with E-state index in [9.17, 15) is 14.4 Å². The summed E-state index contributed by atoms with van der Waals surface area (Å²) in [6.07, 6.45) is 2.82. The van der Waals surface area contributed by atoms with Gasteiger partial charge in [0.1, 0.15) is 0 Å². The van der Waals surface area contributed by atoms with Crippen molar-refractivity contribution in [3.63, 3.8) is 0 Å². The highest BCUT2D eigenvalue weighted by Gasteiger charge is 2.40. The predicted octanol–water partition coefficient (Wildman–Crippen LogP) is 0.579. The van der Waals surface area contributed by atoms with Crippen LogP contribution in [0.25, 0.3) is 11.0 Å². The number of aliphatic hydroxyl groups is 1. The number of rotatable bonds is 5. The minimum absolute atomic E-state index is 0.845. The van der Waals surface area contributed by atoms with Crippen LogP contribution in [0.5, 0.6) is 0 Å². The van der Waals surface area contributed by atoms with Crippen molar-refractivity contribution in [2.24, 2.45) is 0 Å². The summed E-state index contributed by atoms with van der Waals surface area (Å²) in [4.78, 5) is 34.4. The van der Waals surface area contributed by atoms with Crippen molar-refractivity contribution in [1.82, 2.24) is 4.98 Å². The molecule has 2 aromatic rings. The van der Waals surface area contributed by atoms with Gasteiger partial charge in [0.25, 0.3) is 0 Å². The normalized spacial score (nSPS) is 10.6. The molecule has 0 radical (unpaired) electrons. The third-order valence-electron chi connectivity index (χ3n) is 2.54. The maximum atomic E-state index is 10.3. The lowest BCUT2D eigenvalue weighted by Gasteiger charge is -2.18. The van der Waals surface area contributed by atoms with E-state index in [1.54, 1.807) is 18.7 Å². The van der Waals surface area contributed by atoms with Gasteiger partial charge in [-0.15, -0.1) is 0 Å². The van der Waals surface area contributed by atoms with Gasteiger partial charge in [0.15, 0.2) is 11.2 Å². The van der Waals surface area contributed by atoms with Crippen LogP contribution in [0, 0.1) is 0 Å². The minimum atomic E-state index is -2.74. The largest absolute Gasteiger partial charge is 0.481 e. The second kappa shape index (κ2) is 7.18. The zero-order chi connectivity index (χ0) is 16.8. The molecule has 2 rings (SSSR count). The summed E-state index contributed by atoms with van der Waals surface area (Å²) in [6, 6.07) is 3.83. The molecular weight excluding hydrogens is 298 g/mol. The molecule has 9 heteroatoms. The maximum Gasteiger partial charge on any atom is 0.336 e. The fourth-order valence-electron chi connectivity index (χ4n) is 1.52. The Labute approximate surface area is 123 Å². The number of nitrogens with zero attached hydrogens (tertiary/aromatic N) is 1. The highest BCUT2D eigenvalue weighted by atomic mass is 16.4. The Balaban J connectivity index is 0.000000231. The number of carbonyl (C=O) groups is 3. The van der Waals surface area contributed by atoms with Crippen LogP contribution < -0.4 is 0 Å². The first-order valence-corrected chi connectivity index (χ1v) is 5.91. The van der Waals surface area contributed by atoms with E-state index in [2.05, 4.69) is 4.98 Å². The smallest absolute Gasteiger partial charge is 0.336 e. The van der Waals surface area contributed by atoms with Crippen LogP contribution in [-0.2, 0) is 14.4 Å². The molecule has 0 aromatic carbocycles. The molecule has 22 heavy (non-hydrogen) atoms. The summed E-state index contributed by atoms with van der Waals surface area (Å²) in [5, 5.41) is 34.9. The van der Waals surface area contributed by atoms with Gasteiger partial charge >= 0.3 is 17.9 Å². The fourth-order valence-corrected chi connectivity index (χ4v) is 1.52. The van der Waals surface area contributed by atoms with Crippen LogP contribution in [0.3, 0.4) is 0 Å². The third-order valence-corrected chi connectivity index (χ3v) is 2.54. The summed E-state index contributed by atoms with van der Waals surface area (Å²) in [7, 11) is 0. The van der Waals surface area contributed by atoms with Crippen LogP contribution in [0.2, 0.25) is 0 Å². The van der Waals surface area contributed by atoms with Gasteiger partial charge in [-0.25, -0.2) is 4.79 Å². The number of carboxylic acids is 3. The van der Waals surface area contributed by atoms with E-state index in [4.69, 9.17) is 24.8 Å². The molecule has 0 saturated heterocycles. The molecule has 9 nitrogen and oxygen atoms in total. The van der Waals surface area contributed by atoms with Crippen molar-refractivity contribution in [3.05, 3.63) is 30.8 Å². The molecule has 4 N–H and O–H groups in total. The summed E-state index contributed by atoms with van der Waals surface area (Å²) in [6.45, 7) is 0. The molecule has 0 aliphatic heterocycles. The standard InChI is InChI=1S/C7H5NO.C6H8O7/c1-3-8-5-7-6(1)2-4-9-7;7-3(8)1-6(13,5(11)12)2-4(9)10/h1-5H;13H,1-2H2,(H,7,8)(H,9,10)(H,11,12). The fraction of sp³-hybridized carbons (Fsp3) is 0.231. The summed E-state index contributed by atoms with van der Waals surface area (Å²) in [5.41, 5.74) is -1.89. The number of fused-ring (bicyclic) bond motifs is 1. The first-order chi connectivity index (χ1) is 10.2. The van der Waals surface area contributed by atoms with Gasteiger partial charge < -0.3 is 24.8 Å². The van der Waals surface area contributed by atoms with E-state index in [0.29, 0.717) is 0 Å². The van der Waals surface area contributed by atoms with Crippen molar-refractivity contribution in [3.8, 4) is 0 Å². The number of pyridine rings is 1. The molecule has 0 bridgehead atoms. The lowest BCUT2D eigenvalue weighted by molar-refractivity contribution is -0.170. The highest BCUT2D eigenvalue weighted by molar-refractivity contribution is 5.88. The average Bonchev–Trinajstić information content (AvgIpc) is 2.85. The summed E-state index contributed by atoms with van der Waals surface area (Å²) >= 11 is 0. The number of hydrogen-bond acceptors (Lipinski definition) is 6. The quantitative estimate of drug-likeness (QED) is 0.619. The van der Waals surface area contributed by atoms with Gasteiger partial charge in [-0.05, 0) is 12.1 Å². The average molecular weight is 311 g/mol. The number of hydrogen-bond donors (Lipinski definition) is 4. The van der Waals surface area contributed by atoms with E-state index in [1.807, 2.05) is 12.1 Å². The second-order valence-electron chi connectivity index (χ2n) is 4.31. The van der Waals surface area contributed by atoms with Gasteiger partial charge in [-0.2, -0.15) is 0 Å². The Kier molecular flexibility index (Phi) is 5.58. The molecule has 0 unspecified atom stereocenters. The molecule has 2 heterocycles. The highest BCUT2D eigenvalue weighted by Crippen LogP contribution is 2.15. The van der Waals surface area contributed by atoms with Crippen LogP contribution in [0.4, 0.5) is 0 Å². The van der Waals surface area contributed by atoms with Crippen molar-refractivity contribution in [2.75, 3.05) is 0 Å². The monoisotopic (exact) mass is 311 g/mol. The lowest BCUT2D eigenvalue weighted by Crippen LogP contribution is -2.42. The molecule has 0 spiro atoms. The Bertz CT molecular complexity index is 631. The lowest BCUT2D eigenvalue weighted by atomic mass is 9.96. The van der Waals surface area contributed by atoms with Crippen molar-refractivity contribution < 1.29 is 39.2 Å². The van der Waals surface area contributed by atoms with Gasteiger partial charge in [-0.1, -0.05) is 0 Å². The number of aliphatic carboxylic acids is 3. The van der Waals surface area contributed by atoms with Crippen LogP contribution in [0.1, 0.15) is 12.8 Å². The first kappa shape index (κ1) is 17.1. The van der Waals surface area contributed by atoms with E-state index in [0.717, 1.165) is 11.0 Å². The van der Waals surface area contributed by atoms with Crippen molar-refractivity contribution >= 4 is 28.9 Å². The molecule has 0 aliphatic carbocycles. The molecule has 118 valence electrons. The molecule has 2 aromatic heterocycles. The zero-order valence-electron chi connectivity index (χ0n) is 11.2. The Morgan fingerprint density at radius 1 is 1.09 bits per heavy atom. The second-order valence-corrected chi connectivity index (χ2v) is 4.31. The minimum Gasteiger partial charge on any atom is -0.481 e. The topological polar surface area (TPSA) is 158 Å². The Morgan fingerprint density at radius 3 is 2.14 bits per heavy atom. The summed E-state index contributed by atoms with van der Waals surface area (Å²) in [5.74, 6) is -5.02. The van der Waals surface area contributed by atoms with Gasteiger partial charge in [0.05, 0.1) is 25.3 Å². The van der Waals surface area contributed by atoms with E-state index >= 15 is 0 Å². The van der Waals surface area contributed by atoms with Crippen molar-refractivity contribution in [2.45, 2.75) is 18.4 Å². The van der Waals surface area contributed by atoms with Crippen LogP contribution in [-0.4, -0.2) is 48.9 Å². The third kappa shape index (κ3) is 4.87. The maximum absolute atomic E-state index is 10.3. The predicted molar refractivity (Wildman–Crippen MR) is 71.1 cm³/mol. The van der Waals surface area contributed by atoms with Gasteiger partial charge in [0.2, 0.25) is 0 Å². The SMILES string of the molecule is O=C(O)CC(O)(CC(=O)O)C(=O)O.c1cc2ccoc2cn1. The number of carboxylic acid groups (broad SMARTS) is 3. The van der Waals surface area contributed by atoms with E-state index in [-0.39, 0.29) is 0 Å². The molecular formula is C13H13NO8. The van der Waals surface area contributed by atoms with Crippen LogP contribution >= 0.6 is 0 Å². The number of aromatic nitrogens is 1. The van der Waals surface area contributed by atoms with E-state index < -0.39 is 36.4 Å². The van der Waals surface area contributed by atoms with E-state index in [1.165, 1.54) is 0 Å². The van der Waals surface area contributed by atoms with Gasteiger partial charge in [0, 0.05) is 11.6 Å². The Morgan fingerprint density at radius 2 is 1.68 bits per heavy atom. The molecule has 0 aliphatic rings. The number of furan rings is 1. The molecule has 0 atom stereocenters. The molecule has 0 fully saturated rings. The summed E-state index contributed by atoms with van der Waals surface area (Å²) < 4.78 is 5.06. The van der Waals surface area contributed by atoms with Crippen molar-refractivity contribution in [1.29, 1.82) is 0 Å². The molecule has 0 amide bonds. The Hall–Kier alpha value is -2.94.